The zero-order valence-corrected chi connectivity index (χ0v) is 9.50. The zero-order chi connectivity index (χ0) is 10.1. The molecule has 1 atom stereocenters. The molecule has 3 nitrogen and oxygen atoms in total. The van der Waals surface area contributed by atoms with Gasteiger partial charge in [0, 0.05) is 16.1 Å². The molecule has 1 unspecified atom stereocenters. The first-order valence-corrected chi connectivity index (χ1v) is 5.29. The van der Waals surface area contributed by atoms with Gasteiger partial charge in [-0.1, -0.05) is 15.9 Å². The van der Waals surface area contributed by atoms with Gasteiger partial charge >= 0.3 is 0 Å². The van der Waals surface area contributed by atoms with Crippen molar-refractivity contribution in [1.82, 2.24) is 0 Å². The highest BCUT2D eigenvalue weighted by molar-refractivity contribution is 9.10. The van der Waals surface area contributed by atoms with Gasteiger partial charge in [0.25, 0.3) is 0 Å². The third kappa shape index (κ3) is 1.86. The number of rotatable bonds is 2. The molecule has 1 aliphatic rings. The number of ether oxygens (including phenoxy) is 2. The van der Waals surface area contributed by atoms with Crippen LogP contribution >= 0.6 is 15.9 Å². The SMILES string of the molecule is CC(N)Cc1cc(Br)cc2c1OCO2. The average Bonchev–Trinajstić information content (AvgIpc) is 2.50. The van der Waals surface area contributed by atoms with Crippen LogP contribution in [-0.4, -0.2) is 12.8 Å². The number of fused-ring (bicyclic) bond motifs is 1. The molecule has 0 aromatic heterocycles. The van der Waals surface area contributed by atoms with Gasteiger partial charge in [-0.25, -0.2) is 0 Å². The maximum Gasteiger partial charge on any atom is 0.231 e. The molecule has 4 heteroatoms. The molecule has 14 heavy (non-hydrogen) atoms. The third-order valence-electron chi connectivity index (χ3n) is 2.06. The fraction of sp³-hybridized carbons (Fsp3) is 0.400. The Morgan fingerprint density at radius 2 is 2.29 bits per heavy atom. The molecule has 0 bridgehead atoms. The fourth-order valence-corrected chi connectivity index (χ4v) is 2.03. The summed E-state index contributed by atoms with van der Waals surface area (Å²) in [5, 5.41) is 0. The Balaban J connectivity index is 2.38. The lowest BCUT2D eigenvalue weighted by molar-refractivity contribution is 0.173. The summed E-state index contributed by atoms with van der Waals surface area (Å²) in [7, 11) is 0. The van der Waals surface area contributed by atoms with Crippen LogP contribution in [0.3, 0.4) is 0 Å². The van der Waals surface area contributed by atoms with E-state index in [1.165, 1.54) is 0 Å². The van der Waals surface area contributed by atoms with Crippen LogP contribution in [0.5, 0.6) is 11.5 Å². The maximum atomic E-state index is 5.76. The lowest BCUT2D eigenvalue weighted by atomic mass is 10.1. The maximum absolute atomic E-state index is 5.76. The highest BCUT2D eigenvalue weighted by atomic mass is 79.9. The van der Waals surface area contributed by atoms with E-state index >= 15 is 0 Å². The summed E-state index contributed by atoms with van der Waals surface area (Å²) in [6, 6.07) is 4.06. The minimum atomic E-state index is 0.123. The second kappa shape index (κ2) is 3.79. The minimum absolute atomic E-state index is 0.123. The van der Waals surface area contributed by atoms with Crippen molar-refractivity contribution in [1.29, 1.82) is 0 Å². The summed E-state index contributed by atoms with van der Waals surface area (Å²) in [5.74, 6) is 1.64. The average molecular weight is 258 g/mol. The molecule has 0 saturated heterocycles. The van der Waals surface area contributed by atoms with Crippen molar-refractivity contribution in [2.75, 3.05) is 6.79 Å². The fourth-order valence-electron chi connectivity index (χ4n) is 1.54. The molecule has 1 aromatic rings. The van der Waals surface area contributed by atoms with E-state index in [2.05, 4.69) is 15.9 Å². The molecule has 0 spiro atoms. The van der Waals surface area contributed by atoms with Crippen molar-refractivity contribution in [3.63, 3.8) is 0 Å². The van der Waals surface area contributed by atoms with Crippen LogP contribution in [0.15, 0.2) is 16.6 Å². The highest BCUT2D eigenvalue weighted by Crippen LogP contribution is 2.38. The van der Waals surface area contributed by atoms with Gasteiger partial charge in [0.1, 0.15) is 0 Å². The van der Waals surface area contributed by atoms with Gasteiger partial charge in [0.05, 0.1) is 0 Å². The first kappa shape index (κ1) is 9.80. The summed E-state index contributed by atoms with van der Waals surface area (Å²) >= 11 is 3.43. The Bertz CT molecular complexity index is 352. The summed E-state index contributed by atoms with van der Waals surface area (Å²) in [6.07, 6.45) is 0.797. The quantitative estimate of drug-likeness (QED) is 0.883. The van der Waals surface area contributed by atoms with E-state index in [9.17, 15) is 0 Å². The summed E-state index contributed by atoms with van der Waals surface area (Å²) < 4.78 is 11.7. The molecule has 0 amide bonds. The van der Waals surface area contributed by atoms with Gasteiger partial charge in [-0.05, 0) is 25.5 Å². The van der Waals surface area contributed by atoms with E-state index in [-0.39, 0.29) is 6.04 Å². The molecule has 2 N–H and O–H groups in total. The van der Waals surface area contributed by atoms with Gasteiger partial charge in [0.15, 0.2) is 11.5 Å². The topological polar surface area (TPSA) is 44.5 Å². The number of hydrogen-bond acceptors (Lipinski definition) is 3. The molecule has 2 rings (SSSR count). The molecule has 1 heterocycles. The number of hydrogen-bond donors (Lipinski definition) is 1. The van der Waals surface area contributed by atoms with Gasteiger partial charge in [0.2, 0.25) is 6.79 Å². The predicted molar refractivity (Wildman–Crippen MR) is 57.6 cm³/mol. The Labute approximate surface area is 91.3 Å². The highest BCUT2D eigenvalue weighted by Gasteiger charge is 2.19. The molecule has 0 radical (unpaired) electrons. The van der Waals surface area contributed by atoms with Crippen LogP contribution in [-0.2, 0) is 6.42 Å². The first-order valence-electron chi connectivity index (χ1n) is 4.50. The molecule has 1 aromatic carbocycles. The summed E-state index contributed by atoms with van der Waals surface area (Å²) in [4.78, 5) is 0. The molecule has 1 aliphatic heterocycles. The predicted octanol–water partition coefficient (Wildman–Crippen LogP) is 2.07. The molecular formula is C10H12BrNO2. The Hall–Kier alpha value is -0.740. The zero-order valence-electron chi connectivity index (χ0n) is 7.92. The van der Waals surface area contributed by atoms with E-state index in [1.54, 1.807) is 0 Å². The van der Waals surface area contributed by atoms with Gasteiger partial charge in [-0.3, -0.25) is 0 Å². The molecule has 0 fully saturated rings. The Kier molecular flexibility index (Phi) is 2.65. The smallest absolute Gasteiger partial charge is 0.231 e. The van der Waals surface area contributed by atoms with Crippen LogP contribution in [0, 0.1) is 0 Å². The molecule has 76 valence electrons. The minimum Gasteiger partial charge on any atom is -0.454 e. The summed E-state index contributed by atoms with van der Waals surface area (Å²) in [5.41, 5.74) is 6.86. The van der Waals surface area contributed by atoms with Crippen molar-refractivity contribution in [3.8, 4) is 11.5 Å². The second-order valence-electron chi connectivity index (χ2n) is 3.48. The number of benzene rings is 1. The van der Waals surface area contributed by atoms with Gasteiger partial charge in [-0.15, -0.1) is 0 Å². The van der Waals surface area contributed by atoms with Crippen LogP contribution in [0.1, 0.15) is 12.5 Å². The summed E-state index contributed by atoms with van der Waals surface area (Å²) in [6.45, 7) is 2.28. The van der Waals surface area contributed by atoms with Crippen molar-refractivity contribution >= 4 is 15.9 Å². The largest absolute Gasteiger partial charge is 0.454 e. The van der Waals surface area contributed by atoms with Crippen molar-refractivity contribution in [2.24, 2.45) is 5.73 Å². The second-order valence-corrected chi connectivity index (χ2v) is 4.40. The molecule has 0 aliphatic carbocycles. The van der Waals surface area contributed by atoms with Crippen LogP contribution in [0.4, 0.5) is 0 Å². The van der Waals surface area contributed by atoms with Crippen molar-refractivity contribution < 1.29 is 9.47 Å². The van der Waals surface area contributed by atoms with E-state index in [1.807, 2.05) is 19.1 Å². The third-order valence-corrected chi connectivity index (χ3v) is 2.51. The molecular weight excluding hydrogens is 246 g/mol. The van der Waals surface area contributed by atoms with E-state index in [0.717, 1.165) is 28.0 Å². The van der Waals surface area contributed by atoms with E-state index < -0.39 is 0 Å². The monoisotopic (exact) mass is 257 g/mol. The first-order chi connectivity index (χ1) is 6.66. The Morgan fingerprint density at radius 1 is 1.50 bits per heavy atom. The number of nitrogens with two attached hydrogens (primary N) is 1. The lowest BCUT2D eigenvalue weighted by Crippen LogP contribution is -2.18. The number of halogens is 1. The van der Waals surface area contributed by atoms with Crippen molar-refractivity contribution in [3.05, 3.63) is 22.2 Å². The van der Waals surface area contributed by atoms with E-state index in [4.69, 9.17) is 15.2 Å². The molecule has 0 saturated carbocycles. The Morgan fingerprint density at radius 3 is 3.00 bits per heavy atom. The van der Waals surface area contributed by atoms with Crippen LogP contribution in [0.2, 0.25) is 0 Å². The van der Waals surface area contributed by atoms with Gasteiger partial charge < -0.3 is 15.2 Å². The van der Waals surface area contributed by atoms with Crippen LogP contribution < -0.4 is 15.2 Å². The van der Waals surface area contributed by atoms with Gasteiger partial charge in [-0.2, -0.15) is 0 Å². The standard InChI is InChI=1S/C10H12BrNO2/c1-6(12)2-7-3-8(11)4-9-10(7)14-5-13-9/h3-4,6H,2,5,12H2,1H3. The van der Waals surface area contributed by atoms with E-state index in [0.29, 0.717) is 6.79 Å². The normalized spacial score (nSPS) is 15.6. The van der Waals surface area contributed by atoms with Crippen molar-refractivity contribution in [2.45, 2.75) is 19.4 Å². The lowest BCUT2D eigenvalue weighted by Gasteiger charge is -2.08. The van der Waals surface area contributed by atoms with Crippen LogP contribution in [0.25, 0.3) is 0 Å².